The Hall–Kier alpha value is -2.54. The summed E-state index contributed by atoms with van der Waals surface area (Å²) in [5.41, 5.74) is 2.67. The third-order valence-electron chi connectivity index (χ3n) is 3.33. The van der Waals surface area contributed by atoms with Crippen LogP contribution in [0.3, 0.4) is 0 Å². The summed E-state index contributed by atoms with van der Waals surface area (Å²) in [6.07, 6.45) is 0. The number of fused-ring (bicyclic) bond motifs is 1. The standard InChI is InChI=1S/C18H14O/c1-13(14-7-3-2-4-8-14)18-16-10-6-5-9-15(16)11-12-17(18)19/h2-12,19H,1H2. The molecule has 0 fully saturated rings. The van der Waals surface area contributed by atoms with Crippen LogP contribution in [0, 0.1) is 0 Å². The molecule has 3 rings (SSSR count). The van der Waals surface area contributed by atoms with Gasteiger partial charge in [-0.3, -0.25) is 0 Å². The maximum absolute atomic E-state index is 10.2. The first-order chi connectivity index (χ1) is 9.27. The SMILES string of the molecule is C=C(c1ccccc1)c1c(O)ccc2ccccc12. The van der Waals surface area contributed by atoms with Crippen LogP contribution in [0.4, 0.5) is 0 Å². The van der Waals surface area contributed by atoms with E-state index in [1.165, 1.54) is 0 Å². The molecule has 19 heavy (non-hydrogen) atoms. The average Bonchev–Trinajstić information content (AvgIpc) is 2.47. The maximum atomic E-state index is 10.2. The van der Waals surface area contributed by atoms with E-state index in [9.17, 15) is 5.11 Å². The summed E-state index contributed by atoms with van der Waals surface area (Å²) < 4.78 is 0. The van der Waals surface area contributed by atoms with Gasteiger partial charge in [-0.25, -0.2) is 0 Å². The molecule has 0 aliphatic carbocycles. The molecule has 0 aliphatic rings. The van der Waals surface area contributed by atoms with E-state index in [1.54, 1.807) is 6.07 Å². The van der Waals surface area contributed by atoms with E-state index >= 15 is 0 Å². The van der Waals surface area contributed by atoms with Crippen molar-refractivity contribution in [3.05, 3.63) is 84.4 Å². The van der Waals surface area contributed by atoms with Crippen molar-refractivity contribution < 1.29 is 5.11 Å². The van der Waals surface area contributed by atoms with Gasteiger partial charge in [0, 0.05) is 5.56 Å². The lowest BCUT2D eigenvalue weighted by molar-refractivity contribution is 0.474. The fourth-order valence-electron chi connectivity index (χ4n) is 2.36. The van der Waals surface area contributed by atoms with Crippen molar-refractivity contribution in [1.29, 1.82) is 0 Å². The highest BCUT2D eigenvalue weighted by molar-refractivity contribution is 5.99. The first kappa shape index (κ1) is 11.5. The van der Waals surface area contributed by atoms with Gasteiger partial charge in [0.1, 0.15) is 5.75 Å². The smallest absolute Gasteiger partial charge is 0.124 e. The van der Waals surface area contributed by atoms with Crippen molar-refractivity contribution in [2.75, 3.05) is 0 Å². The van der Waals surface area contributed by atoms with Crippen molar-refractivity contribution in [2.24, 2.45) is 0 Å². The molecule has 1 N–H and O–H groups in total. The predicted molar refractivity (Wildman–Crippen MR) is 80.2 cm³/mol. The molecule has 0 aliphatic heterocycles. The number of aromatic hydroxyl groups is 1. The first-order valence-corrected chi connectivity index (χ1v) is 6.23. The molecule has 0 saturated heterocycles. The van der Waals surface area contributed by atoms with E-state index < -0.39 is 0 Å². The van der Waals surface area contributed by atoms with Gasteiger partial charge < -0.3 is 5.11 Å². The van der Waals surface area contributed by atoms with Crippen LogP contribution in [0.1, 0.15) is 11.1 Å². The number of phenolic OH excluding ortho intramolecular Hbond substituents is 1. The van der Waals surface area contributed by atoms with E-state index in [0.29, 0.717) is 0 Å². The molecule has 92 valence electrons. The van der Waals surface area contributed by atoms with Crippen molar-refractivity contribution in [1.82, 2.24) is 0 Å². The molecule has 0 aromatic heterocycles. The van der Waals surface area contributed by atoms with E-state index in [0.717, 1.165) is 27.5 Å². The molecule has 3 aromatic rings. The lowest BCUT2D eigenvalue weighted by Gasteiger charge is -2.12. The second-order valence-electron chi connectivity index (χ2n) is 4.53. The van der Waals surface area contributed by atoms with Crippen LogP contribution < -0.4 is 0 Å². The zero-order valence-electron chi connectivity index (χ0n) is 10.5. The minimum Gasteiger partial charge on any atom is -0.507 e. The summed E-state index contributed by atoms with van der Waals surface area (Å²) >= 11 is 0. The van der Waals surface area contributed by atoms with Crippen LogP contribution in [0.2, 0.25) is 0 Å². The van der Waals surface area contributed by atoms with Gasteiger partial charge in [0.15, 0.2) is 0 Å². The number of rotatable bonds is 2. The molecule has 0 saturated carbocycles. The van der Waals surface area contributed by atoms with Crippen molar-refractivity contribution >= 4 is 16.3 Å². The zero-order chi connectivity index (χ0) is 13.2. The monoisotopic (exact) mass is 246 g/mol. The molecule has 1 nitrogen and oxygen atoms in total. The van der Waals surface area contributed by atoms with Gasteiger partial charge in [-0.15, -0.1) is 0 Å². The molecule has 0 bridgehead atoms. The lowest BCUT2D eigenvalue weighted by Crippen LogP contribution is -1.89. The first-order valence-electron chi connectivity index (χ1n) is 6.23. The molecule has 0 heterocycles. The summed E-state index contributed by atoms with van der Waals surface area (Å²) in [5.74, 6) is 0.271. The van der Waals surface area contributed by atoms with Gasteiger partial charge in [-0.2, -0.15) is 0 Å². The van der Waals surface area contributed by atoms with Gasteiger partial charge in [0.2, 0.25) is 0 Å². The van der Waals surface area contributed by atoms with Crippen molar-refractivity contribution in [3.63, 3.8) is 0 Å². The van der Waals surface area contributed by atoms with Crippen LogP contribution in [0.25, 0.3) is 16.3 Å². The Labute approximate surface area is 112 Å². The summed E-state index contributed by atoms with van der Waals surface area (Å²) in [6, 6.07) is 21.6. The fraction of sp³-hybridized carbons (Fsp3) is 0. The van der Waals surface area contributed by atoms with Crippen molar-refractivity contribution in [2.45, 2.75) is 0 Å². The van der Waals surface area contributed by atoms with Crippen LogP contribution >= 0.6 is 0 Å². The highest BCUT2D eigenvalue weighted by Gasteiger charge is 2.11. The van der Waals surface area contributed by atoms with Crippen LogP contribution in [-0.4, -0.2) is 5.11 Å². The lowest BCUT2D eigenvalue weighted by atomic mass is 9.93. The Morgan fingerprint density at radius 1 is 0.789 bits per heavy atom. The Morgan fingerprint density at radius 3 is 2.26 bits per heavy atom. The second kappa shape index (κ2) is 4.62. The van der Waals surface area contributed by atoms with E-state index in [-0.39, 0.29) is 5.75 Å². The van der Waals surface area contributed by atoms with Crippen LogP contribution in [0.5, 0.6) is 5.75 Å². The Morgan fingerprint density at radius 2 is 1.47 bits per heavy atom. The highest BCUT2D eigenvalue weighted by Crippen LogP contribution is 2.35. The summed E-state index contributed by atoms with van der Waals surface area (Å²) in [6.45, 7) is 4.15. The minimum absolute atomic E-state index is 0.271. The van der Waals surface area contributed by atoms with Gasteiger partial charge in [-0.05, 0) is 28.0 Å². The molecule has 1 heteroatoms. The third kappa shape index (κ3) is 2.00. The van der Waals surface area contributed by atoms with Crippen molar-refractivity contribution in [3.8, 4) is 5.75 Å². The summed E-state index contributed by atoms with van der Waals surface area (Å²) in [4.78, 5) is 0. The quantitative estimate of drug-likeness (QED) is 0.700. The fourth-order valence-corrected chi connectivity index (χ4v) is 2.36. The molecule has 0 amide bonds. The molecular weight excluding hydrogens is 232 g/mol. The summed E-state index contributed by atoms with van der Waals surface area (Å²) in [5, 5.41) is 12.3. The number of hydrogen-bond acceptors (Lipinski definition) is 1. The van der Waals surface area contributed by atoms with Gasteiger partial charge in [0.05, 0.1) is 0 Å². The molecule has 0 spiro atoms. The predicted octanol–water partition coefficient (Wildman–Crippen LogP) is 4.61. The number of hydrogen-bond donors (Lipinski definition) is 1. The Kier molecular flexibility index (Phi) is 2.81. The van der Waals surface area contributed by atoms with E-state index in [2.05, 4.69) is 6.58 Å². The van der Waals surface area contributed by atoms with E-state index in [1.807, 2.05) is 60.7 Å². The topological polar surface area (TPSA) is 20.2 Å². The third-order valence-corrected chi connectivity index (χ3v) is 3.33. The van der Waals surface area contributed by atoms with Gasteiger partial charge in [-0.1, -0.05) is 67.2 Å². The molecule has 0 radical (unpaired) electrons. The normalized spacial score (nSPS) is 10.5. The molecular formula is C18H14O. The van der Waals surface area contributed by atoms with Gasteiger partial charge in [0.25, 0.3) is 0 Å². The molecule has 0 unspecified atom stereocenters. The van der Waals surface area contributed by atoms with Gasteiger partial charge >= 0.3 is 0 Å². The molecule has 0 atom stereocenters. The van der Waals surface area contributed by atoms with E-state index in [4.69, 9.17) is 0 Å². The largest absolute Gasteiger partial charge is 0.507 e. The Bertz CT molecular complexity index is 742. The maximum Gasteiger partial charge on any atom is 0.124 e. The van der Waals surface area contributed by atoms with Crippen LogP contribution in [-0.2, 0) is 0 Å². The Balaban J connectivity index is 2.25. The number of benzene rings is 3. The zero-order valence-corrected chi connectivity index (χ0v) is 10.5. The average molecular weight is 246 g/mol. The second-order valence-corrected chi connectivity index (χ2v) is 4.53. The summed E-state index contributed by atoms with van der Waals surface area (Å²) in [7, 11) is 0. The molecule has 3 aromatic carbocycles. The minimum atomic E-state index is 0.271. The highest BCUT2D eigenvalue weighted by atomic mass is 16.3. The van der Waals surface area contributed by atoms with Crippen LogP contribution in [0.15, 0.2) is 73.3 Å². The number of phenols is 1.